The van der Waals surface area contributed by atoms with E-state index in [1.54, 1.807) is 6.26 Å². The summed E-state index contributed by atoms with van der Waals surface area (Å²) in [6, 6.07) is 3.85. The van der Waals surface area contributed by atoms with Crippen LogP contribution < -0.4 is 5.32 Å². The van der Waals surface area contributed by atoms with Crippen molar-refractivity contribution in [2.45, 2.75) is 32.2 Å². The van der Waals surface area contributed by atoms with E-state index in [0.29, 0.717) is 6.54 Å². The van der Waals surface area contributed by atoms with Crippen LogP contribution in [0, 0.1) is 0 Å². The highest BCUT2D eigenvalue weighted by atomic mass is 16.3. The summed E-state index contributed by atoms with van der Waals surface area (Å²) >= 11 is 0. The minimum Gasteiger partial charge on any atom is -0.468 e. The van der Waals surface area contributed by atoms with Crippen LogP contribution in [0.4, 0.5) is 0 Å². The van der Waals surface area contributed by atoms with Gasteiger partial charge in [-0.3, -0.25) is 14.5 Å². The molecule has 19 heavy (non-hydrogen) atoms. The van der Waals surface area contributed by atoms with E-state index >= 15 is 0 Å². The molecule has 0 aliphatic carbocycles. The Hall–Kier alpha value is -1.62. The molecule has 0 aromatic carbocycles. The van der Waals surface area contributed by atoms with Crippen molar-refractivity contribution in [2.24, 2.45) is 0 Å². The number of hydrogen-bond acceptors (Lipinski definition) is 4. The average molecular weight is 264 g/mol. The molecule has 0 radical (unpaired) electrons. The minimum absolute atomic E-state index is 0.0507. The fourth-order valence-corrected chi connectivity index (χ4v) is 2.44. The zero-order valence-electron chi connectivity index (χ0n) is 11.2. The first kappa shape index (κ1) is 13.8. The van der Waals surface area contributed by atoms with Crippen molar-refractivity contribution in [3.8, 4) is 0 Å². The predicted molar refractivity (Wildman–Crippen MR) is 70.6 cm³/mol. The molecule has 1 saturated heterocycles. The van der Waals surface area contributed by atoms with Gasteiger partial charge in [-0.05, 0) is 45.0 Å². The topological polar surface area (TPSA) is 62.6 Å². The Morgan fingerprint density at radius 2 is 2.16 bits per heavy atom. The fraction of sp³-hybridized carbons (Fsp3) is 0.571. The molecular formula is C14H20N2O3. The molecule has 1 aromatic rings. The number of nitrogens with zero attached hydrogens (tertiary/aromatic N) is 1. The van der Waals surface area contributed by atoms with Crippen molar-refractivity contribution in [2.75, 3.05) is 19.6 Å². The van der Waals surface area contributed by atoms with E-state index in [1.165, 1.54) is 19.8 Å². The van der Waals surface area contributed by atoms with Gasteiger partial charge in [0.1, 0.15) is 11.5 Å². The van der Waals surface area contributed by atoms with Crippen LogP contribution in [-0.2, 0) is 9.59 Å². The molecule has 1 N–H and O–H groups in total. The monoisotopic (exact) mass is 264 g/mol. The lowest BCUT2D eigenvalue weighted by atomic mass is 10.2. The SMILES string of the molecule is CC(=O)CC(=O)NCC(c1ccco1)N1CCCC1. The van der Waals surface area contributed by atoms with Crippen molar-refractivity contribution < 1.29 is 14.0 Å². The van der Waals surface area contributed by atoms with Gasteiger partial charge >= 0.3 is 0 Å². The first-order valence-corrected chi connectivity index (χ1v) is 6.70. The van der Waals surface area contributed by atoms with E-state index < -0.39 is 0 Å². The maximum atomic E-state index is 11.6. The van der Waals surface area contributed by atoms with Crippen LogP contribution in [0.1, 0.15) is 38.0 Å². The van der Waals surface area contributed by atoms with E-state index in [1.807, 2.05) is 12.1 Å². The Bertz CT molecular complexity index is 422. The third-order valence-electron chi connectivity index (χ3n) is 3.36. The molecule has 1 amide bonds. The molecule has 1 atom stereocenters. The largest absolute Gasteiger partial charge is 0.468 e. The molecule has 1 aliphatic heterocycles. The predicted octanol–water partition coefficient (Wildman–Crippen LogP) is 1.51. The van der Waals surface area contributed by atoms with Gasteiger partial charge in [-0.15, -0.1) is 0 Å². The Balaban J connectivity index is 1.94. The second-order valence-electron chi connectivity index (χ2n) is 4.96. The second kappa shape index (κ2) is 6.52. The van der Waals surface area contributed by atoms with Gasteiger partial charge in [0, 0.05) is 6.54 Å². The van der Waals surface area contributed by atoms with Crippen molar-refractivity contribution >= 4 is 11.7 Å². The second-order valence-corrected chi connectivity index (χ2v) is 4.96. The molecule has 5 nitrogen and oxygen atoms in total. The van der Waals surface area contributed by atoms with Gasteiger partial charge in [0.05, 0.1) is 18.7 Å². The summed E-state index contributed by atoms with van der Waals surface area (Å²) in [7, 11) is 0. The summed E-state index contributed by atoms with van der Waals surface area (Å²) in [5.41, 5.74) is 0. The third-order valence-corrected chi connectivity index (χ3v) is 3.36. The van der Waals surface area contributed by atoms with Crippen molar-refractivity contribution in [1.82, 2.24) is 10.2 Å². The van der Waals surface area contributed by atoms with Crippen molar-refractivity contribution in [3.05, 3.63) is 24.2 Å². The number of furan rings is 1. The van der Waals surface area contributed by atoms with Gasteiger partial charge in [0.15, 0.2) is 0 Å². The summed E-state index contributed by atoms with van der Waals surface area (Å²) in [5.74, 6) is 0.529. The molecular weight excluding hydrogens is 244 g/mol. The standard InChI is InChI=1S/C14H20N2O3/c1-11(17)9-14(18)15-10-12(13-5-4-8-19-13)16-6-2-3-7-16/h4-5,8,12H,2-3,6-7,9-10H2,1H3,(H,15,18). The highest BCUT2D eigenvalue weighted by Gasteiger charge is 2.25. The molecule has 1 aliphatic rings. The van der Waals surface area contributed by atoms with Gasteiger partial charge in [-0.2, -0.15) is 0 Å². The summed E-state index contributed by atoms with van der Waals surface area (Å²) in [4.78, 5) is 24.8. The zero-order chi connectivity index (χ0) is 13.7. The quantitative estimate of drug-likeness (QED) is 0.791. The lowest BCUT2D eigenvalue weighted by Gasteiger charge is -2.25. The maximum absolute atomic E-state index is 11.6. The van der Waals surface area contributed by atoms with Crippen LogP contribution in [0.5, 0.6) is 0 Å². The smallest absolute Gasteiger partial charge is 0.227 e. The van der Waals surface area contributed by atoms with E-state index in [2.05, 4.69) is 10.2 Å². The molecule has 5 heteroatoms. The summed E-state index contributed by atoms with van der Waals surface area (Å²) < 4.78 is 5.46. The van der Waals surface area contributed by atoms with Crippen molar-refractivity contribution in [3.63, 3.8) is 0 Å². The highest BCUT2D eigenvalue weighted by Crippen LogP contribution is 2.24. The molecule has 0 saturated carbocycles. The highest BCUT2D eigenvalue weighted by molar-refractivity contribution is 5.96. The summed E-state index contributed by atoms with van der Waals surface area (Å²) in [6.07, 6.45) is 3.96. The van der Waals surface area contributed by atoms with Crippen molar-refractivity contribution in [1.29, 1.82) is 0 Å². The molecule has 104 valence electrons. The van der Waals surface area contributed by atoms with Gasteiger partial charge in [0.25, 0.3) is 0 Å². The van der Waals surface area contributed by atoms with Crippen LogP contribution in [0.25, 0.3) is 0 Å². The molecule has 0 spiro atoms. The zero-order valence-corrected chi connectivity index (χ0v) is 11.2. The molecule has 1 aromatic heterocycles. The number of ketones is 1. The molecule has 0 bridgehead atoms. The molecule has 2 rings (SSSR count). The average Bonchev–Trinajstić information content (AvgIpc) is 3.00. The molecule has 1 fully saturated rings. The van der Waals surface area contributed by atoms with Gasteiger partial charge in [-0.25, -0.2) is 0 Å². The maximum Gasteiger partial charge on any atom is 0.227 e. The number of carbonyl (C=O) groups is 2. The van der Waals surface area contributed by atoms with E-state index in [4.69, 9.17) is 4.42 Å². The Morgan fingerprint density at radius 1 is 1.42 bits per heavy atom. The van der Waals surface area contributed by atoms with Gasteiger partial charge < -0.3 is 9.73 Å². The third kappa shape index (κ3) is 3.92. The van der Waals surface area contributed by atoms with E-state index in [-0.39, 0.29) is 24.2 Å². The number of carbonyl (C=O) groups excluding carboxylic acids is 2. The van der Waals surface area contributed by atoms with Gasteiger partial charge in [0.2, 0.25) is 5.91 Å². The lowest BCUT2D eigenvalue weighted by Crippen LogP contribution is -2.37. The number of Topliss-reactive ketones (excluding diaryl/α,β-unsaturated/α-hetero) is 1. The summed E-state index contributed by atoms with van der Waals surface area (Å²) in [6.45, 7) is 3.95. The molecule has 2 heterocycles. The normalized spacial score (nSPS) is 17.3. The van der Waals surface area contributed by atoms with Crippen LogP contribution in [0.15, 0.2) is 22.8 Å². The first-order valence-electron chi connectivity index (χ1n) is 6.70. The van der Waals surface area contributed by atoms with E-state index in [9.17, 15) is 9.59 Å². The van der Waals surface area contributed by atoms with Crippen LogP contribution in [-0.4, -0.2) is 36.2 Å². The number of amides is 1. The first-order chi connectivity index (χ1) is 9.16. The fourth-order valence-electron chi connectivity index (χ4n) is 2.44. The van der Waals surface area contributed by atoms with Crippen LogP contribution in [0.3, 0.4) is 0 Å². The number of nitrogens with one attached hydrogen (secondary N) is 1. The van der Waals surface area contributed by atoms with Crippen LogP contribution >= 0.6 is 0 Å². The minimum atomic E-state index is -0.219. The lowest BCUT2D eigenvalue weighted by molar-refractivity contribution is -0.127. The Kier molecular flexibility index (Phi) is 4.74. The number of likely N-dealkylation sites (tertiary alicyclic amines) is 1. The number of hydrogen-bond donors (Lipinski definition) is 1. The summed E-state index contributed by atoms with van der Waals surface area (Å²) in [5, 5.41) is 2.82. The Morgan fingerprint density at radius 3 is 2.74 bits per heavy atom. The number of rotatable bonds is 6. The Labute approximate surface area is 113 Å². The van der Waals surface area contributed by atoms with Gasteiger partial charge in [-0.1, -0.05) is 0 Å². The molecule has 1 unspecified atom stereocenters. The van der Waals surface area contributed by atoms with E-state index in [0.717, 1.165) is 18.8 Å². The van der Waals surface area contributed by atoms with Crippen LogP contribution in [0.2, 0.25) is 0 Å².